The average molecular weight is 582 g/mol. The minimum Gasteiger partial charge on any atom is -0.359 e. The number of anilines is 1. The van der Waals surface area contributed by atoms with Crippen LogP contribution < -0.4 is 5.32 Å². The van der Waals surface area contributed by atoms with Crippen molar-refractivity contribution >= 4 is 5.69 Å². The molecule has 236 valence electrons. The van der Waals surface area contributed by atoms with Crippen LogP contribution in [-0.2, 0) is 0 Å². The first kappa shape index (κ1) is 38.0. The van der Waals surface area contributed by atoms with Crippen LogP contribution in [0.3, 0.4) is 0 Å². The highest BCUT2D eigenvalue weighted by Gasteiger charge is 2.15. The van der Waals surface area contributed by atoms with Crippen molar-refractivity contribution in [3.05, 3.63) is 126 Å². The van der Waals surface area contributed by atoms with Gasteiger partial charge in [-0.1, -0.05) is 136 Å². The van der Waals surface area contributed by atoms with E-state index >= 15 is 0 Å². The lowest BCUT2D eigenvalue weighted by Gasteiger charge is -2.23. The van der Waals surface area contributed by atoms with E-state index in [9.17, 15) is 0 Å². The summed E-state index contributed by atoms with van der Waals surface area (Å²) < 4.78 is 0. The predicted octanol–water partition coefficient (Wildman–Crippen LogP) is 13.7. The number of hydrogen-bond acceptors (Lipinski definition) is 1. The second-order valence-corrected chi connectivity index (χ2v) is 12.2. The standard InChI is InChI=1S/C42H63N/c1-7-10-12-14-16-17-18-19-20-22-24-26-29-39(28-25-23-21-15-13-11-8-2)30-27-31-40(36-37-42(5,6)9-3)43-41-34-32-38(4)33-35-41/h7-8,10-11,16-17,20-23,26,29-35,43H,9,12-15,18-19,24-25,27-28,36-37H2,1-6H3/b10-7-,11-8-,17-16-,22-20-,23-21-,29-26-,39-30-,40-31-. The number of hydrogen-bond donors (Lipinski definition) is 1. The minimum atomic E-state index is 0.354. The van der Waals surface area contributed by atoms with Crippen LogP contribution in [0.5, 0.6) is 0 Å². The molecule has 1 rings (SSSR count). The van der Waals surface area contributed by atoms with Crippen molar-refractivity contribution in [2.24, 2.45) is 5.41 Å². The third-order valence-corrected chi connectivity index (χ3v) is 7.80. The molecule has 1 N–H and O–H groups in total. The van der Waals surface area contributed by atoms with Gasteiger partial charge in [-0.3, -0.25) is 0 Å². The summed E-state index contributed by atoms with van der Waals surface area (Å²) in [6.45, 7) is 13.4. The molecule has 0 atom stereocenters. The number of benzene rings is 1. The number of unbranched alkanes of at least 4 members (excludes halogenated alkanes) is 3. The molecule has 0 fully saturated rings. The summed E-state index contributed by atoms with van der Waals surface area (Å²) in [7, 11) is 0. The lowest BCUT2D eigenvalue weighted by molar-refractivity contribution is 0.322. The first-order chi connectivity index (χ1) is 20.9. The van der Waals surface area contributed by atoms with Crippen LogP contribution in [0.2, 0.25) is 0 Å². The summed E-state index contributed by atoms with van der Waals surface area (Å²) >= 11 is 0. The molecule has 0 heterocycles. The van der Waals surface area contributed by atoms with Crippen LogP contribution in [0.25, 0.3) is 0 Å². The van der Waals surface area contributed by atoms with E-state index in [1.807, 2.05) is 0 Å². The van der Waals surface area contributed by atoms with E-state index < -0.39 is 0 Å². The van der Waals surface area contributed by atoms with Crippen molar-refractivity contribution in [2.75, 3.05) is 5.32 Å². The monoisotopic (exact) mass is 581 g/mol. The van der Waals surface area contributed by atoms with Gasteiger partial charge >= 0.3 is 0 Å². The Bertz CT molecular complexity index is 1070. The highest BCUT2D eigenvalue weighted by molar-refractivity contribution is 5.49. The first-order valence-corrected chi connectivity index (χ1v) is 17.0. The minimum absolute atomic E-state index is 0.354. The summed E-state index contributed by atoms with van der Waals surface area (Å²) in [5.41, 5.74) is 5.57. The average Bonchev–Trinajstić information content (AvgIpc) is 3.00. The number of allylic oxidation sites excluding steroid dienone is 16. The summed E-state index contributed by atoms with van der Waals surface area (Å²) in [4.78, 5) is 0. The van der Waals surface area contributed by atoms with Crippen molar-refractivity contribution < 1.29 is 0 Å². The van der Waals surface area contributed by atoms with E-state index in [0.29, 0.717) is 5.41 Å². The molecule has 1 heteroatoms. The van der Waals surface area contributed by atoms with Crippen molar-refractivity contribution in [1.29, 1.82) is 0 Å². The second kappa shape index (κ2) is 25.4. The van der Waals surface area contributed by atoms with Crippen LogP contribution in [-0.4, -0.2) is 0 Å². The second-order valence-electron chi connectivity index (χ2n) is 12.2. The Morgan fingerprint density at radius 1 is 0.651 bits per heavy atom. The van der Waals surface area contributed by atoms with Crippen molar-refractivity contribution in [1.82, 2.24) is 0 Å². The lowest BCUT2D eigenvalue weighted by Crippen LogP contribution is -2.11. The van der Waals surface area contributed by atoms with Crippen LogP contribution in [0.15, 0.2) is 121 Å². The highest BCUT2D eigenvalue weighted by Crippen LogP contribution is 2.29. The zero-order valence-electron chi connectivity index (χ0n) is 28.6. The van der Waals surface area contributed by atoms with E-state index in [1.54, 1.807) is 0 Å². The van der Waals surface area contributed by atoms with Gasteiger partial charge in [-0.25, -0.2) is 0 Å². The summed E-state index contributed by atoms with van der Waals surface area (Å²) in [6.07, 6.45) is 46.5. The molecule has 0 unspecified atom stereocenters. The van der Waals surface area contributed by atoms with Crippen molar-refractivity contribution in [3.8, 4) is 0 Å². The number of nitrogens with one attached hydrogen (secondary N) is 1. The highest BCUT2D eigenvalue weighted by atomic mass is 14.9. The molecule has 0 aromatic heterocycles. The van der Waals surface area contributed by atoms with Gasteiger partial charge < -0.3 is 5.32 Å². The fourth-order valence-electron chi connectivity index (χ4n) is 4.44. The van der Waals surface area contributed by atoms with Crippen molar-refractivity contribution in [2.45, 2.75) is 125 Å². The van der Waals surface area contributed by atoms with E-state index in [2.05, 4.69) is 156 Å². The molecule has 1 aromatic rings. The topological polar surface area (TPSA) is 12.0 Å². The Labute approximate surface area is 267 Å². The Morgan fingerprint density at radius 3 is 1.79 bits per heavy atom. The van der Waals surface area contributed by atoms with E-state index in [-0.39, 0.29) is 0 Å². The van der Waals surface area contributed by atoms with Gasteiger partial charge in [0.15, 0.2) is 0 Å². The lowest BCUT2D eigenvalue weighted by atomic mass is 9.84. The van der Waals surface area contributed by atoms with Crippen LogP contribution in [0.4, 0.5) is 5.69 Å². The molecule has 1 aromatic carbocycles. The van der Waals surface area contributed by atoms with Gasteiger partial charge in [-0.05, 0) is 115 Å². The fourth-order valence-corrected chi connectivity index (χ4v) is 4.44. The smallest absolute Gasteiger partial charge is 0.0381 e. The van der Waals surface area contributed by atoms with Gasteiger partial charge in [-0.2, -0.15) is 0 Å². The summed E-state index contributed by atoms with van der Waals surface area (Å²) in [5, 5.41) is 3.73. The summed E-state index contributed by atoms with van der Waals surface area (Å²) in [5.74, 6) is 0. The third-order valence-electron chi connectivity index (χ3n) is 7.80. The van der Waals surface area contributed by atoms with Gasteiger partial charge in [0.2, 0.25) is 0 Å². The molecule has 0 amide bonds. The molecule has 0 bridgehead atoms. The molecule has 43 heavy (non-hydrogen) atoms. The molecule has 0 spiro atoms. The third kappa shape index (κ3) is 22.2. The van der Waals surface area contributed by atoms with Crippen LogP contribution in [0, 0.1) is 12.3 Å². The predicted molar refractivity (Wildman–Crippen MR) is 197 cm³/mol. The maximum atomic E-state index is 3.73. The first-order valence-electron chi connectivity index (χ1n) is 17.0. The molecule has 0 radical (unpaired) electrons. The largest absolute Gasteiger partial charge is 0.359 e. The maximum Gasteiger partial charge on any atom is 0.0381 e. The zero-order chi connectivity index (χ0) is 31.4. The molecule has 0 saturated heterocycles. The Balaban J connectivity index is 2.84. The van der Waals surface area contributed by atoms with Crippen molar-refractivity contribution in [3.63, 3.8) is 0 Å². The molecule has 0 aliphatic carbocycles. The Hall–Kier alpha value is -3.06. The van der Waals surface area contributed by atoms with Gasteiger partial charge in [0.1, 0.15) is 0 Å². The van der Waals surface area contributed by atoms with Gasteiger partial charge in [-0.15, -0.1) is 0 Å². The van der Waals surface area contributed by atoms with Gasteiger partial charge in [0.25, 0.3) is 0 Å². The summed E-state index contributed by atoms with van der Waals surface area (Å²) in [6, 6.07) is 8.75. The molecular formula is C42H63N. The molecular weight excluding hydrogens is 518 g/mol. The Kier molecular flexibility index (Phi) is 22.5. The molecule has 1 nitrogen and oxygen atoms in total. The quantitative estimate of drug-likeness (QED) is 0.0770. The van der Waals surface area contributed by atoms with E-state index in [4.69, 9.17) is 0 Å². The van der Waals surface area contributed by atoms with Crippen LogP contribution >= 0.6 is 0 Å². The zero-order valence-corrected chi connectivity index (χ0v) is 28.6. The normalized spacial score (nSPS) is 13.8. The molecule has 0 saturated carbocycles. The Morgan fingerprint density at radius 2 is 1.21 bits per heavy atom. The molecule has 0 aliphatic heterocycles. The number of rotatable bonds is 23. The van der Waals surface area contributed by atoms with E-state index in [0.717, 1.165) is 70.6 Å². The van der Waals surface area contributed by atoms with Gasteiger partial charge in [0, 0.05) is 11.4 Å². The van der Waals surface area contributed by atoms with Gasteiger partial charge in [0.05, 0.1) is 0 Å². The molecule has 0 aliphatic rings. The fraction of sp³-hybridized carbons (Fsp3) is 0.476. The van der Waals surface area contributed by atoms with E-state index in [1.165, 1.54) is 35.4 Å². The van der Waals surface area contributed by atoms with Crippen LogP contribution in [0.1, 0.15) is 124 Å². The maximum absolute atomic E-state index is 3.73. The number of aryl methyl sites for hydroxylation is 1. The SMILES string of the molecule is C/C=C\CC/C=C\CC/C=C\C/C=C\C(=C/C/C=C(/CCC(C)(C)CC)Nc1ccc(C)cc1)CC/C=C\CC/C=C\C.